The standard InChI is InChI=1S/C11H20N2O2.ClH/c1-8-10(4-6-15-8)13-11(14)9-3-2-5-12-7-9;/h8-10,12H,2-7H2,1H3,(H,13,14);1H/t8?,9-,10?;/m1./s1. The van der Waals surface area contributed by atoms with Gasteiger partial charge in [0, 0.05) is 13.2 Å². The molecule has 0 saturated carbocycles. The third-order valence-corrected chi connectivity index (χ3v) is 3.37. The Kier molecular flexibility index (Phi) is 5.52. The molecule has 0 aliphatic carbocycles. The second-order valence-corrected chi connectivity index (χ2v) is 4.52. The first-order chi connectivity index (χ1) is 7.27. The van der Waals surface area contributed by atoms with Crippen LogP contribution in [-0.2, 0) is 9.53 Å². The highest BCUT2D eigenvalue weighted by atomic mass is 35.5. The fourth-order valence-electron chi connectivity index (χ4n) is 2.30. The van der Waals surface area contributed by atoms with Gasteiger partial charge in [-0.1, -0.05) is 0 Å². The second-order valence-electron chi connectivity index (χ2n) is 4.52. The summed E-state index contributed by atoms with van der Waals surface area (Å²) >= 11 is 0. The highest BCUT2D eigenvalue weighted by Gasteiger charge is 2.28. The van der Waals surface area contributed by atoms with Crippen LogP contribution in [0.2, 0.25) is 0 Å². The summed E-state index contributed by atoms with van der Waals surface area (Å²) in [6, 6.07) is 0.222. The summed E-state index contributed by atoms with van der Waals surface area (Å²) in [6.45, 7) is 4.67. The Balaban J connectivity index is 0.00000128. The van der Waals surface area contributed by atoms with Crippen LogP contribution in [-0.4, -0.2) is 37.7 Å². The SMILES string of the molecule is CC1OCCC1NC(=O)[C@@H]1CCCNC1.Cl. The van der Waals surface area contributed by atoms with Gasteiger partial charge in [0.25, 0.3) is 0 Å². The van der Waals surface area contributed by atoms with Crippen molar-refractivity contribution in [1.82, 2.24) is 10.6 Å². The Bertz CT molecular complexity index is 232. The molecule has 2 N–H and O–H groups in total. The first-order valence-electron chi connectivity index (χ1n) is 5.90. The quantitative estimate of drug-likeness (QED) is 0.757. The zero-order valence-electron chi connectivity index (χ0n) is 9.70. The largest absolute Gasteiger partial charge is 0.376 e. The van der Waals surface area contributed by atoms with Crippen LogP contribution in [0.1, 0.15) is 26.2 Å². The van der Waals surface area contributed by atoms with Gasteiger partial charge >= 0.3 is 0 Å². The number of ether oxygens (including phenoxy) is 1. The monoisotopic (exact) mass is 248 g/mol. The van der Waals surface area contributed by atoms with E-state index in [1.54, 1.807) is 0 Å². The van der Waals surface area contributed by atoms with Crippen LogP contribution in [0.5, 0.6) is 0 Å². The Morgan fingerprint density at radius 2 is 2.25 bits per heavy atom. The molecule has 94 valence electrons. The van der Waals surface area contributed by atoms with Gasteiger partial charge in [-0.15, -0.1) is 12.4 Å². The summed E-state index contributed by atoms with van der Waals surface area (Å²) in [4.78, 5) is 11.9. The van der Waals surface area contributed by atoms with E-state index in [-0.39, 0.29) is 36.4 Å². The maximum Gasteiger partial charge on any atom is 0.224 e. The Morgan fingerprint density at radius 3 is 2.81 bits per heavy atom. The lowest BCUT2D eigenvalue weighted by Crippen LogP contribution is -2.46. The van der Waals surface area contributed by atoms with Crippen molar-refractivity contribution in [3.63, 3.8) is 0 Å². The van der Waals surface area contributed by atoms with Crippen LogP contribution < -0.4 is 10.6 Å². The highest BCUT2D eigenvalue weighted by Crippen LogP contribution is 2.15. The van der Waals surface area contributed by atoms with Gasteiger partial charge in [0.15, 0.2) is 0 Å². The number of carbonyl (C=O) groups is 1. The highest BCUT2D eigenvalue weighted by molar-refractivity contribution is 5.85. The summed E-state index contributed by atoms with van der Waals surface area (Å²) in [7, 11) is 0. The number of nitrogens with one attached hydrogen (secondary N) is 2. The summed E-state index contributed by atoms with van der Waals surface area (Å²) in [6.07, 6.45) is 3.24. The minimum absolute atomic E-state index is 0. The smallest absolute Gasteiger partial charge is 0.224 e. The van der Waals surface area contributed by atoms with Crippen molar-refractivity contribution in [3.05, 3.63) is 0 Å². The Morgan fingerprint density at radius 1 is 1.44 bits per heavy atom. The molecule has 2 rings (SSSR count). The van der Waals surface area contributed by atoms with Gasteiger partial charge in [0.1, 0.15) is 0 Å². The third kappa shape index (κ3) is 3.34. The van der Waals surface area contributed by atoms with Crippen LogP contribution in [0.25, 0.3) is 0 Å². The maximum absolute atomic E-state index is 11.9. The first kappa shape index (κ1) is 13.7. The van der Waals surface area contributed by atoms with Crippen molar-refractivity contribution in [2.75, 3.05) is 19.7 Å². The molecule has 16 heavy (non-hydrogen) atoms. The van der Waals surface area contributed by atoms with E-state index in [1.807, 2.05) is 6.92 Å². The van der Waals surface area contributed by atoms with E-state index in [1.165, 1.54) is 0 Å². The molecule has 0 aromatic carbocycles. The van der Waals surface area contributed by atoms with E-state index in [2.05, 4.69) is 10.6 Å². The zero-order chi connectivity index (χ0) is 10.7. The van der Waals surface area contributed by atoms with Gasteiger partial charge < -0.3 is 15.4 Å². The molecule has 0 spiro atoms. The molecule has 4 nitrogen and oxygen atoms in total. The van der Waals surface area contributed by atoms with Crippen molar-refractivity contribution >= 4 is 18.3 Å². The van der Waals surface area contributed by atoms with Gasteiger partial charge in [-0.05, 0) is 32.7 Å². The molecule has 5 heteroatoms. The lowest BCUT2D eigenvalue weighted by molar-refractivity contribution is -0.126. The lowest BCUT2D eigenvalue weighted by Gasteiger charge is -2.24. The van der Waals surface area contributed by atoms with E-state index >= 15 is 0 Å². The van der Waals surface area contributed by atoms with Gasteiger partial charge in [0.2, 0.25) is 5.91 Å². The van der Waals surface area contributed by atoms with Gasteiger partial charge in [-0.25, -0.2) is 0 Å². The summed E-state index contributed by atoms with van der Waals surface area (Å²) in [5.41, 5.74) is 0. The molecule has 0 bridgehead atoms. The van der Waals surface area contributed by atoms with Gasteiger partial charge in [-0.3, -0.25) is 4.79 Å². The molecule has 2 aliphatic rings. The van der Waals surface area contributed by atoms with Crippen LogP contribution in [0, 0.1) is 5.92 Å². The summed E-state index contributed by atoms with van der Waals surface area (Å²) in [5, 5.41) is 6.35. The first-order valence-corrected chi connectivity index (χ1v) is 5.90. The Hall–Kier alpha value is -0.320. The molecule has 2 heterocycles. The molecular formula is C11H21ClN2O2. The van der Waals surface area contributed by atoms with Gasteiger partial charge in [-0.2, -0.15) is 0 Å². The van der Waals surface area contributed by atoms with Gasteiger partial charge in [0.05, 0.1) is 18.1 Å². The van der Waals surface area contributed by atoms with Crippen LogP contribution >= 0.6 is 12.4 Å². The number of hydrogen-bond donors (Lipinski definition) is 2. The van der Waals surface area contributed by atoms with E-state index in [9.17, 15) is 4.79 Å². The molecule has 0 aromatic heterocycles. The van der Waals surface area contributed by atoms with Crippen LogP contribution in [0.4, 0.5) is 0 Å². The molecule has 0 aromatic rings. The molecule has 1 amide bonds. The van der Waals surface area contributed by atoms with E-state index in [0.717, 1.165) is 39.0 Å². The number of piperidine rings is 1. The molecule has 3 atom stereocenters. The number of hydrogen-bond acceptors (Lipinski definition) is 3. The van der Waals surface area contributed by atoms with Crippen LogP contribution in [0.15, 0.2) is 0 Å². The number of amides is 1. The lowest BCUT2D eigenvalue weighted by atomic mass is 9.98. The molecule has 2 saturated heterocycles. The predicted molar refractivity (Wildman–Crippen MR) is 64.8 cm³/mol. The van der Waals surface area contributed by atoms with Crippen molar-refractivity contribution in [1.29, 1.82) is 0 Å². The minimum atomic E-state index is 0. The summed E-state index contributed by atoms with van der Waals surface area (Å²) < 4.78 is 5.42. The average Bonchev–Trinajstić information content (AvgIpc) is 2.66. The normalized spacial score (nSPS) is 34.2. The van der Waals surface area contributed by atoms with E-state index < -0.39 is 0 Å². The minimum Gasteiger partial charge on any atom is -0.376 e. The van der Waals surface area contributed by atoms with Crippen molar-refractivity contribution in [2.24, 2.45) is 5.92 Å². The molecule has 2 aliphatic heterocycles. The predicted octanol–water partition coefficient (Wildman–Crippen LogP) is 0.701. The summed E-state index contributed by atoms with van der Waals surface area (Å²) in [5.74, 6) is 0.358. The zero-order valence-corrected chi connectivity index (χ0v) is 10.5. The topological polar surface area (TPSA) is 50.4 Å². The fourth-order valence-corrected chi connectivity index (χ4v) is 2.30. The average molecular weight is 249 g/mol. The molecule has 2 fully saturated rings. The van der Waals surface area contributed by atoms with Crippen LogP contribution in [0.3, 0.4) is 0 Å². The maximum atomic E-state index is 11.9. The van der Waals surface area contributed by atoms with Crippen molar-refractivity contribution in [3.8, 4) is 0 Å². The van der Waals surface area contributed by atoms with Crippen molar-refractivity contribution in [2.45, 2.75) is 38.3 Å². The third-order valence-electron chi connectivity index (χ3n) is 3.37. The van der Waals surface area contributed by atoms with E-state index in [4.69, 9.17) is 4.74 Å². The number of rotatable bonds is 2. The number of carbonyl (C=O) groups excluding carboxylic acids is 1. The van der Waals surface area contributed by atoms with E-state index in [0.29, 0.717) is 0 Å². The fraction of sp³-hybridized carbons (Fsp3) is 0.909. The second kappa shape index (κ2) is 6.42. The molecule has 2 unspecified atom stereocenters. The number of halogens is 1. The molecular weight excluding hydrogens is 228 g/mol. The van der Waals surface area contributed by atoms with Crippen molar-refractivity contribution < 1.29 is 9.53 Å². The molecule has 0 radical (unpaired) electrons. The Labute approximate surface area is 103 Å².